The Morgan fingerprint density at radius 3 is 2.00 bits per heavy atom. The zero-order chi connectivity index (χ0) is 29.2. The van der Waals surface area contributed by atoms with E-state index in [-0.39, 0.29) is 6.47 Å². The standard InChI is InChI=1S/C21H32O18/c1-5-8(25)13(12(29)19(32)34-5)37-21-17(35-6(2)24)15(14(33-4-23)16(39-21)18(30)31)38-20-11(28)10(27)9(26)7(3-22)36-20/h4-5,7-17,19-22,25-29,32H,3H2,1-2H3,(H,30,31)/t5-,7+,8+,9-,10-,11+,12-,13+,14+,15-,16-,17+,19?,20+,21-/m0/s1. The van der Waals surface area contributed by atoms with Crippen LogP contribution in [0.1, 0.15) is 13.8 Å². The van der Waals surface area contributed by atoms with Gasteiger partial charge >= 0.3 is 11.9 Å². The summed E-state index contributed by atoms with van der Waals surface area (Å²) in [6, 6.07) is 0. The quantitative estimate of drug-likeness (QED) is 0.0943. The summed E-state index contributed by atoms with van der Waals surface area (Å²) in [6.07, 6.45) is -26.9. The molecule has 18 heteroatoms. The van der Waals surface area contributed by atoms with E-state index in [0.29, 0.717) is 0 Å². The molecule has 0 aliphatic carbocycles. The molecule has 0 aromatic carbocycles. The SMILES string of the molecule is CC(=O)O[C@H]1[C@@H](O[C@@H]2[C@H](O)[C@H](C)OC(O)[C@H]2O)O[C@H](C(=O)O)[C@H](OC=O)[C@@H]1O[C@H]1O[C@H](CO)[C@H](O)[C@H](O)[C@H]1O. The molecule has 0 radical (unpaired) electrons. The fourth-order valence-electron chi connectivity index (χ4n) is 4.47. The van der Waals surface area contributed by atoms with E-state index in [2.05, 4.69) is 0 Å². The lowest BCUT2D eigenvalue weighted by molar-refractivity contribution is -0.374. The van der Waals surface area contributed by atoms with Crippen molar-refractivity contribution >= 4 is 18.4 Å². The lowest BCUT2D eigenvalue weighted by Crippen LogP contribution is -2.68. The number of hydrogen-bond donors (Lipinski definition) is 8. The summed E-state index contributed by atoms with van der Waals surface area (Å²) in [6.45, 7) is 1.26. The number of carbonyl (C=O) groups excluding carboxylic acids is 2. The molecule has 39 heavy (non-hydrogen) atoms. The number of rotatable bonds is 9. The number of hydrogen-bond acceptors (Lipinski definition) is 17. The first-order valence-corrected chi connectivity index (χ1v) is 11.8. The predicted molar refractivity (Wildman–Crippen MR) is 115 cm³/mol. The van der Waals surface area contributed by atoms with Gasteiger partial charge in [-0.3, -0.25) is 9.59 Å². The van der Waals surface area contributed by atoms with E-state index in [4.69, 9.17) is 33.2 Å². The van der Waals surface area contributed by atoms with Crippen LogP contribution in [0.15, 0.2) is 0 Å². The van der Waals surface area contributed by atoms with Gasteiger partial charge in [-0.15, -0.1) is 0 Å². The predicted octanol–water partition coefficient (Wildman–Crippen LogP) is -5.70. The van der Waals surface area contributed by atoms with Crippen molar-refractivity contribution in [2.24, 2.45) is 0 Å². The summed E-state index contributed by atoms with van der Waals surface area (Å²) in [5, 5.41) is 80.6. The third-order valence-corrected chi connectivity index (χ3v) is 6.48. The molecule has 3 heterocycles. The van der Waals surface area contributed by atoms with Crippen molar-refractivity contribution in [3.8, 4) is 0 Å². The summed E-state index contributed by atoms with van der Waals surface area (Å²) < 4.78 is 36.9. The van der Waals surface area contributed by atoms with Gasteiger partial charge in [-0.25, -0.2) is 4.79 Å². The average Bonchev–Trinajstić information content (AvgIpc) is 2.87. The Balaban J connectivity index is 2.00. The molecule has 3 rings (SSSR count). The number of aliphatic hydroxyl groups is 7. The van der Waals surface area contributed by atoms with Crippen molar-refractivity contribution in [2.75, 3.05) is 6.61 Å². The second-order valence-electron chi connectivity index (χ2n) is 9.15. The molecular formula is C21H32O18. The first-order valence-electron chi connectivity index (χ1n) is 11.8. The lowest BCUT2D eigenvalue weighted by Gasteiger charge is -2.48. The van der Waals surface area contributed by atoms with Crippen LogP contribution in [0.3, 0.4) is 0 Å². The van der Waals surface area contributed by atoms with E-state index in [1.54, 1.807) is 0 Å². The van der Waals surface area contributed by atoms with Gasteiger partial charge in [0.25, 0.3) is 6.47 Å². The monoisotopic (exact) mass is 572 g/mol. The summed E-state index contributed by atoms with van der Waals surface area (Å²) in [5.41, 5.74) is 0. The third kappa shape index (κ3) is 6.64. The molecule has 0 aromatic rings. The second kappa shape index (κ2) is 13.1. The van der Waals surface area contributed by atoms with Crippen molar-refractivity contribution in [3.05, 3.63) is 0 Å². The Bertz CT molecular complexity index is 841. The molecule has 1 unspecified atom stereocenters. The summed E-state index contributed by atoms with van der Waals surface area (Å²) in [7, 11) is 0. The largest absolute Gasteiger partial charge is 0.479 e. The Kier molecular flexibility index (Phi) is 10.5. The number of aliphatic carboxylic acids is 1. The maximum absolute atomic E-state index is 12.0. The van der Waals surface area contributed by atoms with E-state index in [9.17, 15) is 55.2 Å². The fraction of sp³-hybridized carbons (Fsp3) is 0.857. The number of carboxylic acids is 1. The summed E-state index contributed by atoms with van der Waals surface area (Å²) >= 11 is 0. The maximum atomic E-state index is 12.0. The van der Waals surface area contributed by atoms with Crippen LogP contribution >= 0.6 is 0 Å². The van der Waals surface area contributed by atoms with E-state index in [1.165, 1.54) is 6.92 Å². The van der Waals surface area contributed by atoms with Crippen LogP contribution in [0.5, 0.6) is 0 Å². The van der Waals surface area contributed by atoms with Gasteiger partial charge in [0.1, 0.15) is 48.8 Å². The highest BCUT2D eigenvalue weighted by Gasteiger charge is 2.57. The third-order valence-electron chi connectivity index (χ3n) is 6.48. The topological polar surface area (TPSA) is 278 Å². The molecule has 3 aliphatic heterocycles. The van der Waals surface area contributed by atoms with Crippen LogP contribution in [-0.2, 0) is 47.5 Å². The minimum atomic E-state index is -2.10. The molecule has 0 bridgehead atoms. The number of esters is 1. The molecule has 8 N–H and O–H groups in total. The molecule has 18 nitrogen and oxygen atoms in total. The molecule has 0 aromatic heterocycles. The van der Waals surface area contributed by atoms with E-state index < -0.39 is 111 Å². The second-order valence-corrected chi connectivity index (χ2v) is 9.15. The molecule has 0 spiro atoms. The van der Waals surface area contributed by atoms with Gasteiger partial charge in [-0.05, 0) is 6.92 Å². The Morgan fingerprint density at radius 1 is 0.795 bits per heavy atom. The molecule has 3 aliphatic rings. The van der Waals surface area contributed by atoms with Crippen LogP contribution in [0.2, 0.25) is 0 Å². The van der Waals surface area contributed by atoms with Gasteiger partial charge in [0.15, 0.2) is 37.2 Å². The molecule has 15 atom stereocenters. The van der Waals surface area contributed by atoms with E-state index in [1.807, 2.05) is 0 Å². The Labute approximate surface area is 220 Å². The number of aliphatic hydroxyl groups excluding tert-OH is 7. The van der Waals surface area contributed by atoms with Gasteiger partial charge in [-0.1, -0.05) is 0 Å². The molecule has 0 amide bonds. The average molecular weight is 572 g/mol. The van der Waals surface area contributed by atoms with Gasteiger partial charge in [-0.2, -0.15) is 0 Å². The minimum absolute atomic E-state index is 0.163. The zero-order valence-electron chi connectivity index (χ0n) is 20.6. The normalized spacial score (nSPS) is 46.7. The zero-order valence-corrected chi connectivity index (χ0v) is 20.6. The van der Waals surface area contributed by atoms with Crippen molar-refractivity contribution in [2.45, 2.75) is 106 Å². The molecular weight excluding hydrogens is 540 g/mol. The first-order chi connectivity index (χ1) is 18.3. The van der Waals surface area contributed by atoms with E-state index in [0.717, 1.165) is 6.92 Å². The van der Waals surface area contributed by atoms with Crippen molar-refractivity contribution < 1.29 is 88.4 Å². The summed E-state index contributed by atoms with van der Waals surface area (Å²) in [5.74, 6) is -2.75. The number of ether oxygens (including phenoxy) is 7. The Hall–Kier alpha value is -2.07. The Morgan fingerprint density at radius 2 is 1.44 bits per heavy atom. The van der Waals surface area contributed by atoms with Gasteiger partial charge in [0.05, 0.1) is 12.7 Å². The van der Waals surface area contributed by atoms with Crippen molar-refractivity contribution in [1.29, 1.82) is 0 Å². The van der Waals surface area contributed by atoms with Crippen LogP contribution in [0.4, 0.5) is 0 Å². The highest BCUT2D eigenvalue weighted by molar-refractivity contribution is 5.74. The van der Waals surface area contributed by atoms with Crippen LogP contribution in [0, 0.1) is 0 Å². The van der Waals surface area contributed by atoms with Crippen LogP contribution in [-0.4, -0.2) is 158 Å². The van der Waals surface area contributed by atoms with Crippen LogP contribution in [0.25, 0.3) is 0 Å². The van der Waals surface area contributed by atoms with Crippen LogP contribution < -0.4 is 0 Å². The maximum Gasteiger partial charge on any atom is 0.336 e. The number of carboxylic acid groups (broad SMARTS) is 1. The van der Waals surface area contributed by atoms with Gasteiger partial charge < -0.3 is 74.0 Å². The first kappa shape index (κ1) is 31.5. The highest BCUT2D eigenvalue weighted by Crippen LogP contribution is 2.34. The minimum Gasteiger partial charge on any atom is -0.479 e. The fourth-order valence-corrected chi connectivity index (χ4v) is 4.47. The molecule has 3 fully saturated rings. The van der Waals surface area contributed by atoms with Gasteiger partial charge in [0.2, 0.25) is 0 Å². The lowest BCUT2D eigenvalue weighted by atomic mass is 9.95. The van der Waals surface area contributed by atoms with Crippen molar-refractivity contribution in [1.82, 2.24) is 0 Å². The molecule has 224 valence electrons. The van der Waals surface area contributed by atoms with E-state index >= 15 is 0 Å². The van der Waals surface area contributed by atoms with Gasteiger partial charge in [0, 0.05) is 6.92 Å². The summed E-state index contributed by atoms with van der Waals surface area (Å²) in [4.78, 5) is 35.3. The number of carbonyl (C=O) groups is 3. The smallest absolute Gasteiger partial charge is 0.336 e. The molecule has 3 saturated heterocycles. The van der Waals surface area contributed by atoms with Crippen molar-refractivity contribution in [3.63, 3.8) is 0 Å². The molecule has 0 saturated carbocycles. The highest BCUT2D eigenvalue weighted by atomic mass is 16.8.